The number of piperazine rings is 1. The number of amides is 5. The third kappa shape index (κ3) is 15.4. The third-order valence-electron chi connectivity index (χ3n) is 9.32. The zero-order chi connectivity index (χ0) is 38.9. The molecule has 2 aromatic carbocycles. The molecule has 5 amide bonds. The molecule has 4 atom stereocenters. The molecule has 0 saturated carbocycles. The van der Waals surface area contributed by atoms with Gasteiger partial charge in [0.1, 0.15) is 18.1 Å². The first-order valence-electron chi connectivity index (χ1n) is 18.8. The Morgan fingerprint density at radius 2 is 1.29 bits per heavy atom. The van der Waals surface area contributed by atoms with E-state index in [1.807, 2.05) is 74.5 Å². The van der Waals surface area contributed by atoms with Gasteiger partial charge >= 0.3 is 0 Å². The molecule has 1 saturated heterocycles. The van der Waals surface area contributed by atoms with Crippen LogP contribution in [0.3, 0.4) is 0 Å². The highest BCUT2D eigenvalue weighted by Crippen LogP contribution is 2.13. The Bertz CT molecular complexity index is 1670. The van der Waals surface area contributed by atoms with Gasteiger partial charge in [0.25, 0.3) is 0 Å². The van der Waals surface area contributed by atoms with Crippen molar-refractivity contribution in [3.8, 4) is 0 Å². The summed E-state index contributed by atoms with van der Waals surface area (Å²) in [6.45, 7) is 5.64. The van der Waals surface area contributed by atoms with Crippen LogP contribution in [0.25, 0.3) is 6.08 Å². The summed E-state index contributed by atoms with van der Waals surface area (Å²) in [5.74, 6) is -1.91. The van der Waals surface area contributed by atoms with Crippen molar-refractivity contribution in [1.82, 2.24) is 25.8 Å². The Morgan fingerprint density at radius 3 is 1.86 bits per heavy atom. The Balaban J connectivity index is 0.00000541. The number of carbonyl (C=O) groups is 5. The van der Waals surface area contributed by atoms with Crippen LogP contribution in [0.1, 0.15) is 56.2 Å². The molecule has 15 heteroatoms. The van der Waals surface area contributed by atoms with Crippen molar-refractivity contribution in [3.63, 3.8) is 0 Å². The quantitative estimate of drug-likeness (QED) is 0.0900. The van der Waals surface area contributed by atoms with Crippen molar-refractivity contribution >= 4 is 60.4 Å². The van der Waals surface area contributed by atoms with Gasteiger partial charge in [-0.05, 0) is 67.8 Å². The molecule has 0 bridgehead atoms. The number of hydrogen-bond acceptors (Lipinski definition) is 8. The first kappa shape index (κ1) is 47.5. The SMILES string of the molecule is CC(C)C[C@@H](NC(=O)[C@@H](Cc1ccccc1)NC(=O)[C@H](N)Cc1ccccc1)C(=O)N[C@H](CCCCN)C(=O)N1CCN(C(=O)/C=C/c2ccoc2)CC1.Cl.Cl. The van der Waals surface area contributed by atoms with Crippen LogP contribution < -0.4 is 27.4 Å². The molecule has 0 spiro atoms. The lowest BCUT2D eigenvalue weighted by atomic mass is 9.99. The number of nitrogens with one attached hydrogen (secondary N) is 3. The monoisotopic (exact) mass is 813 g/mol. The second-order valence-electron chi connectivity index (χ2n) is 14.1. The maximum Gasteiger partial charge on any atom is 0.246 e. The maximum atomic E-state index is 14.0. The summed E-state index contributed by atoms with van der Waals surface area (Å²) in [5.41, 5.74) is 14.5. The second kappa shape index (κ2) is 24.7. The van der Waals surface area contributed by atoms with Crippen molar-refractivity contribution in [3.05, 3.63) is 102 Å². The molecule has 1 aliphatic heterocycles. The average molecular weight is 815 g/mol. The molecule has 1 fully saturated rings. The van der Waals surface area contributed by atoms with Crippen molar-refractivity contribution in [2.24, 2.45) is 17.4 Å². The predicted molar refractivity (Wildman–Crippen MR) is 222 cm³/mol. The van der Waals surface area contributed by atoms with Crippen LogP contribution >= 0.6 is 24.8 Å². The Kier molecular flexibility index (Phi) is 21.0. The summed E-state index contributed by atoms with van der Waals surface area (Å²) in [4.78, 5) is 71.2. The van der Waals surface area contributed by atoms with E-state index < -0.39 is 41.9 Å². The van der Waals surface area contributed by atoms with E-state index in [0.717, 1.165) is 16.7 Å². The fourth-order valence-corrected chi connectivity index (χ4v) is 6.31. The number of carbonyl (C=O) groups excluding carboxylic acids is 5. The molecule has 0 unspecified atom stereocenters. The van der Waals surface area contributed by atoms with Crippen LogP contribution in [-0.2, 0) is 36.8 Å². The summed E-state index contributed by atoms with van der Waals surface area (Å²) in [5, 5.41) is 8.65. The zero-order valence-corrected chi connectivity index (χ0v) is 33.8. The number of furan rings is 1. The van der Waals surface area contributed by atoms with Crippen LogP contribution in [0, 0.1) is 5.92 Å². The number of rotatable bonds is 19. The van der Waals surface area contributed by atoms with E-state index >= 15 is 0 Å². The number of halogens is 2. The van der Waals surface area contributed by atoms with Gasteiger partial charge in [-0.3, -0.25) is 24.0 Å². The summed E-state index contributed by atoms with van der Waals surface area (Å²) in [7, 11) is 0. The van der Waals surface area contributed by atoms with Gasteiger partial charge in [-0.1, -0.05) is 74.5 Å². The second-order valence-corrected chi connectivity index (χ2v) is 14.1. The Hall–Kier alpha value is -4.69. The van der Waals surface area contributed by atoms with Gasteiger partial charge in [-0.2, -0.15) is 0 Å². The van der Waals surface area contributed by atoms with Crippen LogP contribution in [-0.4, -0.2) is 96.2 Å². The number of nitrogens with two attached hydrogens (primary N) is 2. The molecule has 4 rings (SSSR count). The minimum Gasteiger partial charge on any atom is -0.472 e. The Morgan fingerprint density at radius 1 is 0.732 bits per heavy atom. The van der Waals surface area contributed by atoms with Crippen molar-refractivity contribution in [1.29, 1.82) is 0 Å². The van der Waals surface area contributed by atoms with Crippen LogP contribution in [0.2, 0.25) is 0 Å². The minimum atomic E-state index is -1.01. The predicted octanol–water partition coefficient (Wildman–Crippen LogP) is 3.25. The highest BCUT2D eigenvalue weighted by molar-refractivity contribution is 5.95. The minimum absolute atomic E-state index is 0. The highest BCUT2D eigenvalue weighted by atomic mass is 35.5. The molecular weight excluding hydrogens is 757 g/mol. The number of unbranched alkanes of at least 4 members (excludes halogenated alkanes) is 1. The molecule has 13 nitrogen and oxygen atoms in total. The van der Waals surface area contributed by atoms with E-state index in [1.165, 1.54) is 12.3 Å². The lowest BCUT2D eigenvalue weighted by Gasteiger charge is -2.36. The summed E-state index contributed by atoms with van der Waals surface area (Å²) >= 11 is 0. The largest absolute Gasteiger partial charge is 0.472 e. The van der Waals surface area contributed by atoms with E-state index in [4.69, 9.17) is 15.9 Å². The number of nitrogens with zero attached hydrogens (tertiary/aromatic N) is 2. The van der Waals surface area contributed by atoms with Gasteiger partial charge in [0.05, 0.1) is 18.6 Å². The van der Waals surface area contributed by atoms with E-state index in [9.17, 15) is 24.0 Å². The molecule has 0 radical (unpaired) electrons. The van der Waals surface area contributed by atoms with Gasteiger partial charge in [-0.15, -0.1) is 24.8 Å². The number of hydrogen-bond donors (Lipinski definition) is 5. The lowest BCUT2D eigenvalue weighted by Crippen LogP contribution is -2.59. The fraction of sp³-hybridized carbons (Fsp3) is 0.439. The van der Waals surface area contributed by atoms with Gasteiger partial charge in [0.15, 0.2) is 0 Å². The third-order valence-corrected chi connectivity index (χ3v) is 9.32. The van der Waals surface area contributed by atoms with Crippen molar-refractivity contribution < 1.29 is 28.4 Å². The summed E-state index contributed by atoms with van der Waals surface area (Å²) in [6.07, 6.45) is 8.65. The van der Waals surface area contributed by atoms with Gasteiger partial charge in [0, 0.05) is 44.2 Å². The smallest absolute Gasteiger partial charge is 0.246 e. The van der Waals surface area contributed by atoms with Crippen LogP contribution in [0.15, 0.2) is 89.7 Å². The number of benzene rings is 2. The molecule has 7 N–H and O–H groups in total. The first-order chi connectivity index (χ1) is 26.0. The van der Waals surface area contributed by atoms with Crippen LogP contribution in [0.4, 0.5) is 0 Å². The van der Waals surface area contributed by atoms with Gasteiger partial charge in [0.2, 0.25) is 29.5 Å². The van der Waals surface area contributed by atoms with E-state index in [1.54, 1.807) is 28.2 Å². The summed E-state index contributed by atoms with van der Waals surface area (Å²) in [6, 6.07) is 16.7. The molecule has 1 aliphatic rings. The van der Waals surface area contributed by atoms with Crippen LogP contribution in [0.5, 0.6) is 0 Å². The molecule has 0 aliphatic carbocycles. The molecule has 2 heterocycles. The Labute approximate surface area is 342 Å². The lowest BCUT2D eigenvalue weighted by molar-refractivity contribution is -0.141. The molecule has 3 aromatic rings. The average Bonchev–Trinajstić information content (AvgIpc) is 3.70. The molecular formula is C41H57Cl2N7O6. The topological polar surface area (TPSA) is 193 Å². The first-order valence-corrected chi connectivity index (χ1v) is 18.8. The maximum absolute atomic E-state index is 14.0. The van der Waals surface area contributed by atoms with E-state index in [0.29, 0.717) is 64.8 Å². The van der Waals surface area contributed by atoms with Gasteiger partial charge < -0.3 is 41.6 Å². The van der Waals surface area contributed by atoms with E-state index in [-0.39, 0.29) is 49.0 Å². The molecule has 306 valence electrons. The highest BCUT2D eigenvalue weighted by Gasteiger charge is 2.33. The van der Waals surface area contributed by atoms with E-state index in [2.05, 4.69) is 16.0 Å². The molecule has 56 heavy (non-hydrogen) atoms. The van der Waals surface area contributed by atoms with Gasteiger partial charge in [-0.25, -0.2) is 0 Å². The normalized spacial score (nSPS) is 14.8. The standard InChI is InChI=1S/C41H55N7O6.2ClH/c1-29(2)25-35(46-40(52)36(27-31-13-7-4-8-14-31)45-38(50)33(43)26-30-11-5-3-6-12-30)39(51)44-34(15-9-10-19-42)41(53)48-22-20-47(21-23-48)37(49)17-16-32-18-24-54-28-32;;/h3-8,11-14,16-18,24,28-29,33-36H,9-10,15,19-23,25-27,42-43H2,1-2H3,(H,44,51)(H,45,50)(H,46,52);2*1H/b17-16+;;/t33-,34-,35-,36-;;/m1../s1. The summed E-state index contributed by atoms with van der Waals surface area (Å²) < 4.78 is 5.04. The van der Waals surface area contributed by atoms with Crippen molar-refractivity contribution in [2.75, 3.05) is 32.7 Å². The molecule has 1 aromatic heterocycles. The van der Waals surface area contributed by atoms with Crippen molar-refractivity contribution in [2.45, 2.75) is 76.5 Å². The zero-order valence-electron chi connectivity index (χ0n) is 32.1. The fourth-order valence-electron chi connectivity index (χ4n) is 6.31.